The molecule has 1 aliphatic heterocycles. The van der Waals surface area contributed by atoms with E-state index in [1.165, 1.54) is 13.0 Å². The van der Waals surface area contributed by atoms with Crippen molar-refractivity contribution in [1.82, 2.24) is 15.5 Å². The monoisotopic (exact) mass is 351 g/mol. The van der Waals surface area contributed by atoms with Crippen LogP contribution in [0, 0.1) is 17.6 Å². The van der Waals surface area contributed by atoms with Crippen molar-refractivity contribution in [1.29, 1.82) is 0 Å². The van der Waals surface area contributed by atoms with Crippen molar-refractivity contribution in [2.75, 3.05) is 6.54 Å². The van der Waals surface area contributed by atoms with Crippen LogP contribution < -0.4 is 10.6 Å². The number of nitrogens with zero attached hydrogens (tertiary/aromatic N) is 1. The molecule has 4 amide bonds. The maximum atomic E-state index is 14.1. The van der Waals surface area contributed by atoms with Crippen molar-refractivity contribution in [2.24, 2.45) is 5.92 Å². The van der Waals surface area contributed by atoms with E-state index in [1.54, 1.807) is 0 Å². The molecule has 2 N–H and O–H groups in total. The molecular formula is C17H19F2N3O3. The van der Waals surface area contributed by atoms with Crippen molar-refractivity contribution in [3.8, 4) is 0 Å². The number of carbonyl (C=O) groups is 3. The van der Waals surface area contributed by atoms with Crippen molar-refractivity contribution >= 4 is 17.8 Å². The SMILES string of the molecule is CC(NC(=O)CN1C(=O)NC(C)(c2c(F)cccc2F)C1=O)C1CC1. The van der Waals surface area contributed by atoms with Crippen molar-refractivity contribution in [2.45, 2.75) is 38.3 Å². The van der Waals surface area contributed by atoms with Crippen LogP contribution in [0.1, 0.15) is 32.3 Å². The van der Waals surface area contributed by atoms with Crippen molar-refractivity contribution < 1.29 is 23.2 Å². The summed E-state index contributed by atoms with van der Waals surface area (Å²) in [5.74, 6) is -2.81. The van der Waals surface area contributed by atoms with Crippen LogP contribution in [0.5, 0.6) is 0 Å². The second kappa shape index (κ2) is 6.09. The third kappa shape index (κ3) is 3.08. The lowest BCUT2D eigenvalue weighted by Crippen LogP contribution is -2.45. The molecule has 2 aliphatic rings. The van der Waals surface area contributed by atoms with Gasteiger partial charge in [-0.05, 0) is 44.7 Å². The van der Waals surface area contributed by atoms with Crippen molar-refractivity contribution in [3.63, 3.8) is 0 Å². The van der Waals surface area contributed by atoms with Gasteiger partial charge < -0.3 is 10.6 Å². The number of halogens is 2. The standard InChI is InChI=1S/C17H19F2N3O3/c1-9(10-6-7-10)20-13(23)8-22-15(24)17(2,21-16(22)25)14-11(18)4-3-5-12(14)19/h3-5,9-10H,6-8H2,1-2H3,(H,20,23)(H,21,25). The average molecular weight is 351 g/mol. The second-order valence-electron chi connectivity index (χ2n) is 6.74. The maximum Gasteiger partial charge on any atom is 0.325 e. The summed E-state index contributed by atoms with van der Waals surface area (Å²) in [6.45, 7) is 2.59. The van der Waals surface area contributed by atoms with Gasteiger partial charge in [0.2, 0.25) is 5.91 Å². The number of urea groups is 1. The van der Waals surface area contributed by atoms with E-state index >= 15 is 0 Å². The number of amides is 4. The molecule has 1 saturated heterocycles. The third-order valence-corrected chi connectivity index (χ3v) is 4.76. The molecule has 1 aliphatic carbocycles. The molecule has 1 aromatic rings. The fourth-order valence-electron chi connectivity index (χ4n) is 3.14. The van der Waals surface area contributed by atoms with Gasteiger partial charge in [-0.2, -0.15) is 0 Å². The minimum Gasteiger partial charge on any atom is -0.352 e. The summed E-state index contributed by atoms with van der Waals surface area (Å²) in [7, 11) is 0. The summed E-state index contributed by atoms with van der Waals surface area (Å²) < 4.78 is 28.1. The Kier molecular flexibility index (Phi) is 4.22. The first kappa shape index (κ1) is 17.3. The number of hydrogen-bond donors (Lipinski definition) is 2. The highest BCUT2D eigenvalue weighted by Gasteiger charge is 2.52. The molecule has 1 aromatic carbocycles. The predicted molar refractivity (Wildman–Crippen MR) is 84.3 cm³/mol. The van der Waals surface area contributed by atoms with E-state index < -0.39 is 47.1 Å². The molecule has 25 heavy (non-hydrogen) atoms. The van der Waals surface area contributed by atoms with E-state index in [4.69, 9.17) is 0 Å². The third-order valence-electron chi connectivity index (χ3n) is 4.76. The van der Waals surface area contributed by atoms with Gasteiger partial charge in [-0.3, -0.25) is 14.5 Å². The maximum absolute atomic E-state index is 14.1. The molecule has 2 unspecified atom stereocenters. The first-order valence-corrected chi connectivity index (χ1v) is 8.12. The molecular weight excluding hydrogens is 332 g/mol. The van der Waals surface area contributed by atoms with E-state index in [-0.39, 0.29) is 6.04 Å². The lowest BCUT2D eigenvalue weighted by Gasteiger charge is -2.23. The Balaban J connectivity index is 1.78. The van der Waals surface area contributed by atoms with Crippen LogP contribution >= 0.6 is 0 Å². The van der Waals surface area contributed by atoms with Crippen LogP contribution in [0.4, 0.5) is 13.6 Å². The molecule has 0 bridgehead atoms. The van der Waals surface area contributed by atoms with Crippen LogP contribution in [-0.4, -0.2) is 35.3 Å². The predicted octanol–water partition coefficient (Wildman–Crippen LogP) is 1.65. The Bertz CT molecular complexity index is 730. The summed E-state index contributed by atoms with van der Waals surface area (Å²) in [6.07, 6.45) is 2.07. The molecule has 3 rings (SSSR count). The fraction of sp³-hybridized carbons (Fsp3) is 0.471. The molecule has 1 heterocycles. The van der Waals surface area contributed by atoms with Gasteiger partial charge in [0.25, 0.3) is 5.91 Å². The molecule has 0 radical (unpaired) electrons. The van der Waals surface area contributed by atoms with Gasteiger partial charge in [-0.15, -0.1) is 0 Å². The molecule has 0 aromatic heterocycles. The molecule has 2 fully saturated rings. The average Bonchev–Trinajstić information content (AvgIpc) is 3.33. The molecule has 8 heteroatoms. The zero-order valence-corrected chi connectivity index (χ0v) is 13.9. The quantitative estimate of drug-likeness (QED) is 0.792. The number of benzene rings is 1. The van der Waals surface area contributed by atoms with Gasteiger partial charge in [0.15, 0.2) is 0 Å². The van der Waals surface area contributed by atoms with E-state index in [0.29, 0.717) is 10.8 Å². The minimum absolute atomic E-state index is 0.0383. The summed E-state index contributed by atoms with van der Waals surface area (Å²) in [6, 6.07) is 2.29. The summed E-state index contributed by atoms with van der Waals surface area (Å²) >= 11 is 0. The zero-order valence-electron chi connectivity index (χ0n) is 13.9. The van der Waals surface area contributed by atoms with E-state index in [0.717, 1.165) is 25.0 Å². The molecule has 2 atom stereocenters. The highest BCUT2D eigenvalue weighted by atomic mass is 19.1. The first-order chi connectivity index (χ1) is 11.7. The molecule has 6 nitrogen and oxygen atoms in total. The Morgan fingerprint density at radius 2 is 1.96 bits per heavy atom. The molecule has 1 saturated carbocycles. The molecule has 0 spiro atoms. The van der Waals surface area contributed by atoms with Crippen LogP contribution in [0.15, 0.2) is 18.2 Å². The topological polar surface area (TPSA) is 78.5 Å². The fourth-order valence-corrected chi connectivity index (χ4v) is 3.14. The van der Waals surface area contributed by atoms with Crippen LogP contribution in [-0.2, 0) is 15.1 Å². The summed E-state index contributed by atoms with van der Waals surface area (Å²) in [5, 5.41) is 5.04. The van der Waals surface area contributed by atoms with Gasteiger partial charge >= 0.3 is 6.03 Å². The Morgan fingerprint density at radius 3 is 2.52 bits per heavy atom. The van der Waals surface area contributed by atoms with Gasteiger partial charge in [0.1, 0.15) is 23.7 Å². The number of rotatable bonds is 5. The van der Waals surface area contributed by atoms with Gasteiger partial charge in [-0.25, -0.2) is 13.6 Å². The lowest BCUT2D eigenvalue weighted by atomic mass is 9.91. The largest absolute Gasteiger partial charge is 0.352 e. The number of imide groups is 1. The van der Waals surface area contributed by atoms with Gasteiger partial charge in [-0.1, -0.05) is 6.07 Å². The van der Waals surface area contributed by atoms with Gasteiger partial charge in [0, 0.05) is 6.04 Å². The van der Waals surface area contributed by atoms with Crippen LogP contribution in [0.2, 0.25) is 0 Å². The zero-order chi connectivity index (χ0) is 18.4. The Morgan fingerprint density at radius 1 is 1.36 bits per heavy atom. The van der Waals surface area contributed by atoms with E-state index in [2.05, 4.69) is 10.6 Å². The smallest absolute Gasteiger partial charge is 0.325 e. The number of hydrogen-bond acceptors (Lipinski definition) is 3. The van der Waals surface area contributed by atoms with E-state index in [1.807, 2.05) is 6.92 Å². The summed E-state index contributed by atoms with van der Waals surface area (Å²) in [5.41, 5.74) is -2.43. The van der Waals surface area contributed by atoms with E-state index in [9.17, 15) is 23.2 Å². The van der Waals surface area contributed by atoms with Crippen LogP contribution in [0.3, 0.4) is 0 Å². The molecule has 134 valence electrons. The first-order valence-electron chi connectivity index (χ1n) is 8.12. The normalized spacial score (nSPS) is 24.2. The highest BCUT2D eigenvalue weighted by Crippen LogP contribution is 2.33. The lowest BCUT2D eigenvalue weighted by molar-refractivity contribution is -0.135. The number of nitrogens with one attached hydrogen (secondary N) is 2. The second-order valence-corrected chi connectivity index (χ2v) is 6.74. The van der Waals surface area contributed by atoms with Crippen molar-refractivity contribution in [3.05, 3.63) is 35.4 Å². The number of carbonyl (C=O) groups excluding carboxylic acids is 3. The highest BCUT2D eigenvalue weighted by molar-refractivity contribution is 6.09. The Hall–Kier alpha value is -2.51. The Labute approximate surface area is 143 Å². The van der Waals surface area contributed by atoms with Crippen LogP contribution in [0.25, 0.3) is 0 Å². The minimum atomic E-state index is -1.89. The van der Waals surface area contributed by atoms with Gasteiger partial charge in [0.05, 0.1) is 5.56 Å². The summed E-state index contributed by atoms with van der Waals surface area (Å²) in [4.78, 5) is 37.5.